The van der Waals surface area contributed by atoms with E-state index in [1.807, 2.05) is 0 Å². The molecule has 0 spiro atoms. The maximum Gasteiger partial charge on any atom is 0.184 e. The lowest BCUT2D eigenvalue weighted by molar-refractivity contribution is 0.434. The molecule has 19 heavy (non-hydrogen) atoms. The van der Waals surface area contributed by atoms with E-state index in [9.17, 15) is 8.78 Å². The van der Waals surface area contributed by atoms with E-state index in [1.165, 1.54) is 0 Å². The van der Waals surface area contributed by atoms with Gasteiger partial charge in [-0.1, -0.05) is 20.3 Å². The van der Waals surface area contributed by atoms with E-state index < -0.39 is 11.6 Å². The molecular formula is C12H15F2N5. The number of nitrogens with zero attached hydrogens (tertiary/aromatic N) is 4. The Morgan fingerprint density at radius 1 is 1.32 bits per heavy atom. The topological polar surface area (TPSA) is 69.6 Å². The fourth-order valence-corrected chi connectivity index (χ4v) is 1.70. The standard InChI is InChI=1S/C12H15F2N5/c1-3-7(2)6-19-12(16-17-18-19)8-4-9(13)10(14)5-11(8)15/h4-5,7H,3,6,15H2,1-2H3. The second-order valence-corrected chi connectivity index (χ2v) is 4.55. The van der Waals surface area contributed by atoms with Gasteiger partial charge >= 0.3 is 0 Å². The molecule has 1 aromatic carbocycles. The number of anilines is 1. The molecule has 7 heteroatoms. The van der Waals surface area contributed by atoms with Gasteiger partial charge in [0, 0.05) is 23.9 Å². The Labute approximate surface area is 109 Å². The van der Waals surface area contributed by atoms with E-state index in [4.69, 9.17) is 5.73 Å². The zero-order valence-corrected chi connectivity index (χ0v) is 10.8. The summed E-state index contributed by atoms with van der Waals surface area (Å²) in [6, 6.07) is 1.95. The third-order valence-electron chi connectivity index (χ3n) is 3.05. The molecule has 0 fully saturated rings. The Morgan fingerprint density at radius 3 is 2.68 bits per heavy atom. The molecule has 2 aromatic rings. The highest BCUT2D eigenvalue weighted by Crippen LogP contribution is 2.26. The first-order valence-electron chi connectivity index (χ1n) is 6.04. The first-order valence-corrected chi connectivity index (χ1v) is 6.04. The number of nitrogen functional groups attached to an aromatic ring is 1. The third-order valence-corrected chi connectivity index (χ3v) is 3.05. The van der Waals surface area contributed by atoms with E-state index >= 15 is 0 Å². The Balaban J connectivity index is 2.42. The summed E-state index contributed by atoms with van der Waals surface area (Å²) in [6.45, 7) is 4.71. The van der Waals surface area contributed by atoms with Crippen LogP contribution in [0.1, 0.15) is 20.3 Å². The lowest BCUT2D eigenvalue weighted by atomic mass is 10.1. The van der Waals surface area contributed by atoms with Crippen LogP contribution in [0.15, 0.2) is 12.1 Å². The van der Waals surface area contributed by atoms with Crippen molar-refractivity contribution in [1.82, 2.24) is 20.2 Å². The van der Waals surface area contributed by atoms with Crippen molar-refractivity contribution in [3.63, 3.8) is 0 Å². The van der Waals surface area contributed by atoms with Crippen molar-refractivity contribution in [2.75, 3.05) is 5.73 Å². The Kier molecular flexibility index (Phi) is 3.73. The summed E-state index contributed by atoms with van der Waals surface area (Å²) in [4.78, 5) is 0. The van der Waals surface area contributed by atoms with Gasteiger partial charge in [-0.25, -0.2) is 13.5 Å². The van der Waals surface area contributed by atoms with Crippen molar-refractivity contribution >= 4 is 5.69 Å². The van der Waals surface area contributed by atoms with Crippen LogP contribution in [-0.2, 0) is 6.54 Å². The maximum atomic E-state index is 13.3. The molecule has 1 unspecified atom stereocenters. The zero-order chi connectivity index (χ0) is 14.0. The Hall–Kier alpha value is -2.05. The number of benzene rings is 1. The van der Waals surface area contributed by atoms with Crippen LogP contribution in [0, 0.1) is 17.6 Å². The van der Waals surface area contributed by atoms with Crippen molar-refractivity contribution in [1.29, 1.82) is 0 Å². The Bertz CT molecular complexity index is 581. The number of halogens is 2. The molecule has 0 aliphatic heterocycles. The van der Waals surface area contributed by atoms with Gasteiger partial charge < -0.3 is 5.73 Å². The fraction of sp³-hybridized carbons (Fsp3) is 0.417. The average Bonchev–Trinajstić information content (AvgIpc) is 2.81. The summed E-state index contributed by atoms with van der Waals surface area (Å²) < 4.78 is 27.9. The highest BCUT2D eigenvalue weighted by Gasteiger charge is 2.16. The van der Waals surface area contributed by atoms with Crippen molar-refractivity contribution in [3.8, 4) is 11.4 Å². The molecule has 0 aliphatic carbocycles. The average molecular weight is 267 g/mol. The van der Waals surface area contributed by atoms with Gasteiger partial charge in [0.1, 0.15) is 0 Å². The molecule has 102 valence electrons. The number of hydrogen-bond donors (Lipinski definition) is 1. The molecule has 2 N–H and O–H groups in total. The quantitative estimate of drug-likeness (QED) is 0.862. The number of aromatic nitrogens is 4. The predicted molar refractivity (Wildman–Crippen MR) is 67.0 cm³/mol. The summed E-state index contributed by atoms with van der Waals surface area (Å²) in [7, 11) is 0. The molecule has 2 rings (SSSR count). The van der Waals surface area contributed by atoms with Gasteiger partial charge in [-0.05, 0) is 22.4 Å². The second-order valence-electron chi connectivity index (χ2n) is 4.55. The van der Waals surface area contributed by atoms with Gasteiger partial charge in [0.05, 0.1) is 0 Å². The zero-order valence-electron chi connectivity index (χ0n) is 10.8. The SMILES string of the molecule is CCC(C)Cn1nnnc1-c1cc(F)c(F)cc1N. The number of rotatable bonds is 4. The fourth-order valence-electron chi connectivity index (χ4n) is 1.70. The van der Waals surface area contributed by atoms with Gasteiger partial charge in [-0.2, -0.15) is 0 Å². The molecule has 5 nitrogen and oxygen atoms in total. The van der Waals surface area contributed by atoms with Crippen LogP contribution >= 0.6 is 0 Å². The van der Waals surface area contributed by atoms with Crippen molar-refractivity contribution in [3.05, 3.63) is 23.8 Å². The smallest absolute Gasteiger partial charge is 0.184 e. The van der Waals surface area contributed by atoms with Gasteiger partial charge in [0.15, 0.2) is 17.5 Å². The molecule has 1 aromatic heterocycles. The van der Waals surface area contributed by atoms with E-state index in [0.29, 0.717) is 23.9 Å². The summed E-state index contributed by atoms with van der Waals surface area (Å²) in [6.07, 6.45) is 0.965. The molecule has 0 saturated carbocycles. The van der Waals surface area contributed by atoms with E-state index in [1.54, 1.807) is 4.68 Å². The molecule has 0 radical (unpaired) electrons. The molecule has 0 saturated heterocycles. The first-order chi connectivity index (χ1) is 9.02. The van der Waals surface area contributed by atoms with Gasteiger partial charge in [0.2, 0.25) is 0 Å². The van der Waals surface area contributed by atoms with E-state index in [2.05, 4.69) is 29.4 Å². The monoisotopic (exact) mass is 267 g/mol. The van der Waals surface area contributed by atoms with Crippen molar-refractivity contribution < 1.29 is 8.78 Å². The summed E-state index contributed by atoms with van der Waals surface area (Å²) >= 11 is 0. The summed E-state index contributed by atoms with van der Waals surface area (Å²) in [5, 5.41) is 11.3. The largest absolute Gasteiger partial charge is 0.398 e. The summed E-state index contributed by atoms with van der Waals surface area (Å²) in [5.41, 5.74) is 6.11. The lowest BCUT2D eigenvalue weighted by Gasteiger charge is -2.11. The maximum absolute atomic E-state index is 13.3. The van der Waals surface area contributed by atoms with E-state index in [0.717, 1.165) is 18.6 Å². The van der Waals surface area contributed by atoms with Crippen molar-refractivity contribution in [2.24, 2.45) is 5.92 Å². The molecule has 0 aliphatic rings. The number of nitrogens with two attached hydrogens (primary N) is 1. The van der Waals surface area contributed by atoms with Crippen LogP contribution in [0.3, 0.4) is 0 Å². The van der Waals surface area contributed by atoms with Crippen LogP contribution in [0.2, 0.25) is 0 Å². The minimum absolute atomic E-state index is 0.110. The highest BCUT2D eigenvalue weighted by molar-refractivity contribution is 5.71. The van der Waals surface area contributed by atoms with Crippen LogP contribution in [0.5, 0.6) is 0 Å². The second kappa shape index (κ2) is 5.29. The lowest BCUT2D eigenvalue weighted by Crippen LogP contribution is -2.10. The third kappa shape index (κ3) is 2.69. The van der Waals surface area contributed by atoms with Crippen LogP contribution in [0.25, 0.3) is 11.4 Å². The predicted octanol–water partition coefficient (Wildman–Crippen LogP) is 2.25. The van der Waals surface area contributed by atoms with Crippen LogP contribution in [0.4, 0.5) is 14.5 Å². The van der Waals surface area contributed by atoms with E-state index in [-0.39, 0.29) is 5.69 Å². The minimum Gasteiger partial charge on any atom is -0.398 e. The van der Waals surface area contributed by atoms with Gasteiger partial charge in [-0.3, -0.25) is 0 Å². The van der Waals surface area contributed by atoms with Crippen LogP contribution < -0.4 is 5.73 Å². The van der Waals surface area contributed by atoms with Gasteiger partial charge in [-0.15, -0.1) is 5.10 Å². The highest BCUT2D eigenvalue weighted by atomic mass is 19.2. The first kappa shape index (κ1) is 13.4. The minimum atomic E-state index is -0.984. The normalized spacial score (nSPS) is 12.6. The number of hydrogen-bond acceptors (Lipinski definition) is 4. The molecule has 0 amide bonds. The van der Waals surface area contributed by atoms with Crippen LogP contribution in [-0.4, -0.2) is 20.2 Å². The summed E-state index contributed by atoms with van der Waals surface area (Å²) in [5.74, 6) is -1.24. The number of tetrazole rings is 1. The molecular weight excluding hydrogens is 252 g/mol. The Morgan fingerprint density at radius 2 is 2.00 bits per heavy atom. The molecule has 0 bridgehead atoms. The van der Waals surface area contributed by atoms with Gasteiger partial charge in [0.25, 0.3) is 0 Å². The van der Waals surface area contributed by atoms with Crippen molar-refractivity contribution in [2.45, 2.75) is 26.8 Å². The molecule has 1 heterocycles. The molecule has 1 atom stereocenters.